The molecule has 2 aliphatic heterocycles. The van der Waals surface area contributed by atoms with Gasteiger partial charge in [0, 0.05) is 30.5 Å². The van der Waals surface area contributed by atoms with Crippen molar-refractivity contribution in [2.24, 2.45) is 11.1 Å². The molecule has 4 rings (SSSR count). The zero-order chi connectivity index (χ0) is 15.8. The fourth-order valence-electron chi connectivity index (χ4n) is 3.99. The summed E-state index contributed by atoms with van der Waals surface area (Å²) in [6.07, 6.45) is 5.44. The van der Waals surface area contributed by atoms with Crippen LogP contribution in [-0.4, -0.2) is 44.3 Å². The molecule has 0 bridgehead atoms. The Hall–Kier alpha value is -2.63. The Labute approximate surface area is 133 Å². The van der Waals surface area contributed by atoms with E-state index in [0.29, 0.717) is 5.71 Å². The number of hydrogen-bond acceptors (Lipinski definition) is 4. The van der Waals surface area contributed by atoms with E-state index in [1.165, 1.54) is 0 Å². The number of nitrogens with one attached hydrogen (secondary N) is 1. The summed E-state index contributed by atoms with van der Waals surface area (Å²) in [6, 6.07) is 9.51. The third-order valence-corrected chi connectivity index (χ3v) is 4.93. The molecule has 1 aromatic heterocycles. The van der Waals surface area contributed by atoms with Crippen LogP contribution in [0.15, 0.2) is 47.9 Å². The predicted molar refractivity (Wildman–Crippen MR) is 84.3 cm³/mol. The van der Waals surface area contributed by atoms with E-state index in [9.17, 15) is 10.0 Å². The fourth-order valence-corrected chi connectivity index (χ4v) is 3.99. The topological polar surface area (TPSA) is 81.6 Å². The van der Waals surface area contributed by atoms with Gasteiger partial charge in [-0.1, -0.05) is 35.5 Å². The van der Waals surface area contributed by atoms with Crippen LogP contribution in [0.2, 0.25) is 0 Å². The van der Waals surface area contributed by atoms with Gasteiger partial charge in [-0.2, -0.15) is 0 Å². The molecule has 1 unspecified atom stereocenters. The van der Waals surface area contributed by atoms with Crippen molar-refractivity contribution in [2.45, 2.75) is 24.8 Å². The van der Waals surface area contributed by atoms with E-state index < -0.39 is 5.92 Å². The van der Waals surface area contributed by atoms with Crippen LogP contribution in [0.3, 0.4) is 0 Å². The Balaban J connectivity index is 1.80. The van der Waals surface area contributed by atoms with Gasteiger partial charge in [-0.05, 0) is 12.8 Å². The Kier molecular flexibility index (Phi) is 3.37. The number of nitrogens with zero attached hydrogens (tertiary/aromatic N) is 3. The highest BCUT2D eigenvalue weighted by molar-refractivity contribution is 6.14. The first-order valence-corrected chi connectivity index (χ1v) is 7.88. The van der Waals surface area contributed by atoms with E-state index in [0.717, 1.165) is 30.8 Å². The molecule has 23 heavy (non-hydrogen) atoms. The predicted octanol–water partition coefficient (Wildman–Crippen LogP) is 1.99. The largest absolute Gasteiger partial charge is 0.411 e. The second-order valence-corrected chi connectivity index (χ2v) is 6.07. The molecule has 1 aromatic carbocycles. The maximum atomic E-state index is 13.0. The van der Waals surface area contributed by atoms with Gasteiger partial charge in [-0.15, -0.1) is 0 Å². The maximum Gasteiger partial charge on any atom is 0.232 e. The summed E-state index contributed by atoms with van der Waals surface area (Å²) in [5.41, 5.74) is 1.19. The third-order valence-electron chi connectivity index (χ3n) is 4.93. The molecule has 0 saturated carbocycles. The van der Waals surface area contributed by atoms with Gasteiger partial charge in [0.25, 0.3) is 0 Å². The molecule has 118 valence electrons. The van der Waals surface area contributed by atoms with Crippen molar-refractivity contribution >= 4 is 11.6 Å². The summed E-state index contributed by atoms with van der Waals surface area (Å²) in [4.78, 5) is 22.4. The number of carbonyl (C=O) groups is 1. The highest BCUT2D eigenvalue weighted by Crippen LogP contribution is 2.44. The number of carbonyl (C=O) groups excluding carboxylic acids is 1. The van der Waals surface area contributed by atoms with Crippen LogP contribution in [0.4, 0.5) is 0 Å². The maximum absolute atomic E-state index is 13.0. The van der Waals surface area contributed by atoms with E-state index in [4.69, 9.17) is 0 Å². The van der Waals surface area contributed by atoms with E-state index >= 15 is 0 Å². The van der Waals surface area contributed by atoms with Crippen LogP contribution >= 0.6 is 0 Å². The molecule has 2 N–H and O–H groups in total. The molecule has 6 nitrogen and oxygen atoms in total. The van der Waals surface area contributed by atoms with Gasteiger partial charge in [0.15, 0.2) is 0 Å². The first-order chi connectivity index (χ1) is 11.3. The zero-order valence-corrected chi connectivity index (χ0v) is 12.6. The normalized spacial score (nSPS) is 27.5. The molecule has 0 aliphatic carbocycles. The summed E-state index contributed by atoms with van der Waals surface area (Å²) >= 11 is 0. The van der Waals surface area contributed by atoms with Crippen LogP contribution in [0.1, 0.15) is 30.1 Å². The van der Waals surface area contributed by atoms with Gasteiger partial charge in [0.1, 0.15) is 5.82 Å². The molecule has 1 amide bonds. The number of aromatic nitrogens is 2. The van der Waals surface area contributed by atoms with Gasteiger partial charge in [0.05, 0.1) is 17.5 Å². The lowest BCUT2D eigenvalue weighted by atomic mass is 9.82. The molecule has 0 spiro atoms. The molecule has 2 aliphatic rings. The molecule has 2 aromatic rings. The van der Waals surface area contributed by atoms with Crippen LogP contribution < -0.4 is 0 Å². The molecular formula is C17H18N4O2. The van der Waals surface area contributed by atoms with E-state index in [-0.39, 0.29) is 17.9 Å². The average molecular weight is 310 g/mol. The second-order valence-electron chi connectivity index (χ2n) is 6.07. The standard InChI is InChI=1S/C17H18N4O2/c22-17-14(15(20-23)11-5-2-1-3-6-11)13(16-18-8-9-19-16)12-7-4-10-21(12)17/h1-3,5-6,8-9,12-14,23H,4,7,10H2,(H,18,19)/b20-15+/t12?,13-,14-/m1/s1. The van der Waals surface area contributed by atoms with Crippen molar-refractivity contribution in [1.82, 2.24) is 14.9 Å². The Morgan fingerprint density at radius 2 is 2.17 bits per heavy atom. The number of fused-ring (bicyclic) bond motifs is 1. The first-order valence-electron chi connectivity index (χ1n) is 7.88. The second kappa shape index (κ2) is 5.53. The van der Waals surface area contributed by atoms with Gasteiger partial charge in [-0.25, -0.2) is 4.98 Å². The van der Waals surface area contributed by atoms with Crippen LogP contribution in [0, 0.1) is 5.92 Å². The van der Waals surface area contributed by atoms with Crippen LogP contribution in [0.25, 0.3) is 0 Å². The van der Waals surface area contributed by atoms with Gasteiger partial charge in [0.2, 0.25) is 5.91 Å². The lowest BCUT2D eigenvalue weighted by Gasteiger charge is -2.20. The third kappa shape index (κ3) is 2.13. The lowest BCUT2D eigenvalue weighted by Crippen LogP contribution is -2.31. The number of hydrogen-bond donors (Lipinski definition) is 2. The molecule has 3 heterocycles. The van der Waals surface area contributed by atoms with Crippen molar-refractivity contribution in [2.75, 3.05) is 6.54 Å². The summed E-state index contributed by atoms with van der Waals surface area (Å²) in [5.74, 6) is 0.213. The number of benzene rings is 1. The van der Waals surface area contributed by atoms with E-state index in [1.54, 1.807) is 12.4 Å². The minimum atomic E-state index is -0.501. The number of imidazole rings is 1. The fraction of sp³-hybridized carbons (Fsp3) is 0.353. The number of oxime groups is 1. The van der Waals surface area contributed by atoms with Crippen LogP contribution in [0.5, 0.6) is 0 Å². The van der Waals surface area contributed by atoms with Crippen molar-refractivity contribution < 1.29 is 10.0 Å². The number of H-pyrrole nitrogens is 1. The van der Waals surface area contributed by atoms with Gasteiger partial charge in [-0.3, -0.25) is 4.79 Å². The quantitative estimate of drug-likeness (QED) is 0.517. The lowest BCUT2D eigenvalue weighted by molar-refractivity contribution is -0.129. The van der Waals surface area contributed by atoms with Gasteiger partial charge >= 0.3 is 0 Å². The molecule has 3 atom stereocenters. The number of amides is 1. The minimum absolute atomic E-state index is 0.0329. The van der Waals surface area contributed by atoms with E-state index in [1.807, 2.05) is 35.2 Å². The van der Waals surface area contributed by atoms with Crippen molar-refractivity contribution in [3.05, 3.63) is 54.1 Å². The molecule has 2 fully saturated rings. The highest BCUT2D eigenvalue weighted by atomic mass is 16.4. The monoisotopic (exact) mass is 310 g/mol. The Bertz CT molecular complexity index is 726. The van der Waals surface area contributed by atoms with Crippen molar-refractivity contribution in [3.8, 4) is 0 Å². The van der Waals surface area contributed by atoms with E-state index in [2.05, 4.69) is 15.1 Å². The SMILES string of the molecule is O=C1[C@@H](/C(=N/O)c2ccccc2)[C@H](c2ncc[nH]2)C2CCCN12. The van der Waals surface area contributed by atoms with Crippen molar-refractivity contribution in [1.29, 1.82) is 0 Å². The number of aromatic amines is 1. The van der Waals surface area contributed by atoms with Crippen LogP contribution in [-0.2, 0) is 4.79 Å². The highest BCUT2D eigenvalue weighted by Gasteiger charge is 2.53. The smallest absolute Gasteiger partial charge is 0.232 e. The summed E-state index contributed by atoms with van der Waals surface area (Å²) in [6.45, 7) is 0.769. The summed E-state index contributed by atoms with van der Waals surface area (Å²) in [7, 11) is 0. The zero-order valence-electron chi connectivity index (χ0n) is 12.6. The summed E-state index contributed by atoms with van der Waals surface area (Å²) < 4.78 is 0. The minimum Gasteiger partial charge on any atom is -0.411 e. The van der Waals surface area contributed by atoms with Gasteiger partial charge < -0.3 is 15.1 Å². The first kappa shape index (κ1) is 14.0. The number of rotatable bonds is 3. The Morgan fingerprint density at radius 1 is 1.35 bits per heavy atom. The van der Waals surface area contributed by atoms with Crippen molar-refractivity contribution in [3.63, 3.8) is 0 Å². The molecule has 2 saturated heterocycles. The summed E-state index contributed by atoms with van der Waals surface area (Å²) in [5, 5.41) is 13.1. The Morgan fingerprint density at radius 3 is 2.87 bits per heavy atom. The molecule has 0 radical (unpaired) electrons. The molecule has 6 heteroatoms. The average Bonchev–Trinajstić information content (AvgIpc) is 3.30. The molecular weight excluding hydrogens is 292 g/mol.